The average Bonchev–Trinajstić information content (AvgIpc) is 2.66. The summed E-state index contributed by atoms with van der Waals surface area (Å²) >= 11 is 3.46. The van der Waals surface area contributed by atoms with E-state index in [0.29, 0.717) is 12.1 Å². The number of aliphatic imine (C=N–C) groups is 1. The topological polar surface area (TPSA) is 47.9 Å². The van der Waals surface area contributed by atoms with Gasteiger partial charge in [-0.15, -0.1) is 0 Å². The number of guanidine groups is 1. The molecule has 5 nitrogen and oxygen atoms in total. The van der Waals surface area contributed by atoms with E-state index in [4.69, 9.17) is 4.99 Å². The van der Waals surface area contributed by atoms with E-state index in [1.165, 1.54) is 5.56 Å². The molecule has 0 aliphatic rings. The molecule has 0 heterocycles. The molecule has 1 N–H and O–H groups in total. The minimum Gasteiger partial charge on any atom is -0.357 e. The van der Waals surface area contributed by atoms with Crippen LogP contribution in [0.5, 0.6) is 0 Å². The van der Waals surface area contributed by atoms with Gasteiger partial charge in [-0.1, -0.05) is 40.2 Å². The van der Waals surface area contributed by atoms with Gasteiger partial charge in [-0.25, -0.2) is 4.99 Å². The maximum absolute atomic E-state index is 12.0. The minimum absolute atomic E-state index is 0.00706. The van der Waals surface area contributed by atoms with Crippen molar-refractivity contribution in [2.45, 2.75) is 20.0 Å². The van der Waals surface area contributed by atoms with Crippen LogP contribution in [-0.2, 0) is 13.1 Å². The molecule has 144 valence electrons. The van der Waals surface area contributed by atoms with E-state index in [-0.39, 0.29) is 5.91 Å². The van der Waals surface area contributed by atoms with E-state index in [1.54, 1.807) is 19.0 Å². The van der Waals surface area contributed by atoms with E-state index in [9.17, 15) is 4.79 Å². The second kappa shape index (κ2) is 10.1. The number of hydrogen-bond donors (Lipinski definition) is 1. The Bertz CT molecular complexity index is 770. The Morgan fingerprint density at radius 2 is 1.59 bits per heavy atom. The molecule has 0 saturated heterocycles. The Labute approximate surface area is 170 Å². The summed E-state index contributed by atoms with van der Waals surface area (Å²) in [7, 11) is 5.54. The molecule has 1 amide bonds. The fraction of sp³-hybridized carbons (Fsp3) is 0.333. The molecule has 27 heavy (non-hydrogen) atoms. The molecule has 0 aliphatic heterocycles. The van der Waals surface area contributed by atoms with Crippen molar-refractivity contribution in [2.75, 3.05) is 27.7 Å². The summed E-state index contributed by atoms with van der Waals surface area (Å²) in [6, 6.07) is 15.9. The third-order valence-corrected chi connectivity index (χ3v) is 4.58. The first-order chi connectivity index (χ1) is 12.9. The van der Waals surface area contributed by atoms with E-state index < -0.39 is 0 Å². The fourth-order valence-electron chi connectivity index (χ4n) is 2.59. The van der Waals surface area contributed by atoms with Crippen molar-refractivity contribution in [3.8, 4) is 0 Å². The zero-order chi connectivity index (χ0) is 19.8. The number of rotatable bonds is 6. The molecule has 0 atom stereocenters. The summed E-state index contributed by atoms with van der Waals surface area (Å²) in [5.74, 6) is 0.862. The molecule has 0 spiro atoms. The Kier molecular flexibility index (Phi) is 7.85. The lowest BCUT2D eigenvalue weighted by atomic mass is 10.1. The Morgan fingerprint density at radius 1 is 1.00 bits per heavy atom. The van der Waals surface area contributed by atoms with Crippen LogP contribution in [0, 0.1) is 0 Å². The van der Waals surface area contributed by atoms with Gasteiger partial charge in [-0.3, -0.25) is 4.79 Å². The van der Waals surface area contributed by atoms with Crippen LogP contribution in [-0.4, -0.2) is 49.4 Å². The number of hydrogen-bond acceptors (Lipinski definition) is 2. The number of halogens is 1. The van der Waals surface area contributed by atoms with Crippen LogP contribution in [0.25, 0.3) is 0 Å². The molecule has 6 heteroatoms. The minimum atomic E-state index is 0.00706. The van der Waals surface area contributed by atoms with Crippen LogP contribution in [0.3, 0.4) is 0 Å². The summed E-state index contributed by atoms with van der Waals surface area (Å²) in [6.45, 7) is 4.20. The second-order valence-electron chi connectivity index (χ2n) is 6.55. The highest BCUT2D eigenvalue weighted by molar-refractivity contribution is 9.10. The monoisotopic (exact) mass is 430 g/mol. The molecule has 0 bridgehead atoms. The summed E-state index contributed by atoms with van der Waals surface area (Å²) in [6.07, 6.45) is 0. The molecular formula is C21H27BrN4O. The SMILES string of the molecule is CCNC(=NCc1ccc(C(=O)N(C)C)cc1)N(C)Cc1ccc(Br)cc1. The zero-order valence-electron chi connectivity index (χ0n) is 16.4. The average molecular weight is 431 g/mol. The Balaban J connectivity index is 2.05. The van der Waals surface area contributed by atoms with E-state index in [1.807, 2.05) is 43.4 Å². The molecule has 0 fully saturated rings. The first kappa shape index (κ1) is 21.0. The molecule has 2 aromatic carbocycles. The van der Waals surface area contributed by atoms with Gasteiger partial charge < -0.3 is 15.1 Å². The maximum Gasteiger partial charge on any atom is 0.253 e. The summed E-state index contributed by atoms with van der Waals surface area (Å²) in [5, 5.41) is 3.33. The van der Waals surface area contributed by atoms with Crippen LogP contribution < -0.4 is 5.32 Å². The van der Waals surface area contributed by atoms with E-state index in [0.717, 1.165) is 29.1 Å². The molecule has 0 aliphatic carbocycles. The molecule has 0 radical (unpaired) electrons. The van der Waals surface area contributed by atoms with Crippen LogP contribution >= 0.6 is 15.9 Å². The van der Waals surface area contributed by atoms with Crippen molar-refractivity contribution >= 4 is 27.8 Å². The fourth-order valence-corrected chi connectivity index (χ4v) is 2.85. The van der Waals surface area contributed by atoms with Crippen molar-refractivity contribution in [3.63, 3.8) is 0 Å². The van der Waals surface area contributed by atoms with Gasteiger partial charge in [-0.2, -0.15) is 0 Å². The number of carbonyl (C=O) groups excluding carboxylic acids is 1. The highest BCUT2D eigenvalue weighted by Crippen LogP contribution is 2.12. The number of amides is 1. The largest absolute Gasteiger partial charge is 0.357 e. The molecule has 2 rings (SSSR count). The lowest BCUT2D eigenvalue weighted by Crippen LogP contribution is -2.38. The number of nitrogens with zero attached hydrogens (tertiary/aromatic N) is 3. The van der Waals surface area contributed by atoms with Gasteiger partial charge in [0.25, 0.3) is 5.91 Å². The molecule has 2 aromatic rings. The Morgan fingerprint density at radius 3 is 2.15 bits per heavy atom. The van der Waals surface area contributed by atoms with E-state index in [2.05, 4.69) is 45.2 Å². The normalized spacial score (nSPS) is 11.2. The number of nitrogens with one attached hydrogen (secondary N) is 1. The highest BCUT2D eigenvalue weighted by Gasteiger charge is 2.09. The smallest absolute Gasteiger partial charge is 0.253 e. The zero-order valence-corrected chi connectivity index (χ0v) is 18.0. The van der Waals surface area contributed by atoms with Gasteiger partial charge in [-0.05, 0) is 42.3 Å². The van der Waals surface area contributed by atoms with Crippen LogP contribution in [0.1, 0.15) is 28.4 Å². The van der Waals surface area contributed by atoms with Gasteiger partial charge in [0.2, 0.25) is 0 Å². The molecule has 0 aromatic heterocycles. The molecule has 0 saturated carbocycles. The lowest BCUT2D eigenvalue weighted by molar-refractivity contribution is 0.0827. The van der Waals surface area contributed by atoms with E-state index >= 15 is 0 Å². The summed E-state index contributed by atoms with van der Waals surface area (Å²) in [4.78, 5) is 20.4. The first-order valence-corrected chi connectivity index (χ1v) is 9.74. The second-order valence-corrected chi connectivity index (χ2v) is 7.46. The van der Waals surface area contributed by atoms with Crippen LogP contribution in [0.15, 0.2) is 58.0 Å². The highest BCUT2D eigenvalue weighted by atomic mass is 79.9. The van der Waals surface area contributed by atoms with Gasteiger partial charge >= 0.3 is 0 Å². The molecular weight excluding hydrogens is 404 g/mol. The summed E-state index contributed by atoms with van der Waals surface area (Å²) < 4.78 is 1.07. The van der Waals surface area contributed by atoms with Gasteiger partial charge in [0.1, 0.15) is 0 Å². The quantitative estimate of drug-likeness (QED) is 0.560. The third-order valence-electron chi connectivity index (χ3n) is 4.05. The number of carbonyl (C=O) groups is 1. The van der Waals surface area contributed by atoms with Gasteiger partial charge in [0.15, 0.2) is 5.96 Å². The summed E-state index contributed by atoms with van der Waals surface area (Å²) in [5.41, 5.74) is 2.97. The number of benzene rings is 2. The van der Waals surface area contributed by atoms with Crippen molar-refractivity contribution < 1.29 is 4.79 Å². The standard InChI is InChI=1S/C21H27BrN4O/c1-5-23-21(26(4)15-17-8-12-19(22)13-9-17)24-14-16-6-10-18(11-7-16)20(27)25(2)3/h6-13H,5,14-15H2,1-4H3,(H,23,24). The maximum atomic E-state index is 12.0. The van der Waals surface area contributed by atoms with Crippen LogP contribution in [0.2, 0.25) is 0 Å². The van der Waals surface area contributed by atoms with Crippen molar-refractivity contribution in [3.05, 3.63) is 69.7 Å². The predicted octanol–water partition coefficient (Wildman–Crippen LogP) is 3.75. The van der Waals surface area contributed by atoms with Gasteiger partial charge in [0, 0.05) is 44.3 Å². The van der Waals surface area contributed by atoms with Crippen molar-refractivity contribution in [1.82, 2.24) is 15.1 Å². The first-order valence-electron chi connectivity index (χ1n) is 8.95. The van der Waals surface area contributed by atoms with Crippen LogP contribution in [0.4, 0.5) is 0 Å². The Hall–Kier alpha value is -2.34. The third kappa shape index (κ3) is 6.40. The lowest BCUT2D eigenvalue weighted by Gasteiger charge is -2.22. The predicted molar refractivity (Wildman–Crippen MR) is 115 cm³/mol. The van der Waals surface area contributed by atoms with Crippen molar-refractivity contribution in [2.24, 2.45) is 4.99 Å². The van der Waals surface area contributed by atoms with Crippen molar-refractivity contribution in [1.29, 1.82) is 0 Å². The molecule has 0 unspecified atom stereocenters. The van der Waals surface area contributed by atoms with Gasteiger partial charge in [0.05, 0.1) is 6.54 Å².